The Kier molecular flexibility index (Phi) is 11.6. The Morgan fingerprint density at radius 3 is 2.38 bits per heavy atom. The van der Waals surface area contributed by atoms with Crippen LogP contribution in [0.5, 0.6) is 0 Å². The number of nitrogens with zero attached hydrogens (tertiary/aromatic N) is 2. The van der Waals surface area contributed by atoms with E-state index in [0.717, 1.165) is 31.7 Å². The number of amides is 1. The molecule has 5 nitrogen and oxygen atoms in total. The van der Waals surface area contributed by atoms with Gasteiger partial charge in [-0.1, -0.05) is 29.8 Å². The number of benzene rings is 1. The summed E-state index contributed by atoms with van der Waals surface area (Å²) in [4.78, 5) is 16.4. The highest BCUT2D eigenvalue weighted by Gasteiger charge is 2.19. The maximum Gasteiger partial charge on any atom is 0.234 e. The summed E-state index contributed by atoms with van der Waals surface area (Å²) in [6.45, 7) is 6.86. The summed E-state index contributed by atoms with van der Waals surface area (Å²) in [5, 5.41) is 13.0. The molecular weight excluding hydrogens is 373 g/mol. The number of hydrogen-bond acceptors (Lipinski definition) is 4. The maximum absolute atomic E-state index is 12.0. The van der Waals surface area contributed by atoms with Crippen molar-refractivity contribution in [2.24, 2.45) is 0 Å². The summed E-state index contributed by atoms with van der Waals surface area (Å²) in [5.74, 6) is 0.0175. The third-order valence-electron chi connectivity index (χ3n) is 3.79. The van der Waals surface area contributed by atoms with Gasteiger partial charge in [-0.05, 0) is 18.6 Å². The van der Waals surface area contributed by atoms with Gasteiger partial charge < -0.3 is 10.4 Å². The molecule has 1 aromatic rings. The standard InChI is InChI=1S/C16H24ClN3O2.2ClH/c1-13(21)11-19-6-8-20(9-7-19)12-16(22)18-10-14-4-2-3-5-15(14)17;;/h2-5,13,21H,6-12H2,1H3,(H,18,22);2*1H. The van der Waals surface area contributed by atoms with Crippen molar-refractivity contribution in [1.82, 2.24) is 15.1 Å². The van der Waals surface area contributed by atoms with Gasteiger partial charge in [0.2, 0.25) is 5.91 Å². The molecule has 1 amide bonds. The lowest BCUT2D eigenvalue weighted by atomic mass is 10.2. The Labute approximate surface area is 161 Å². The van der Waals surface area contributed by atoms with Crippen molar-refractivity contribution in [3.63, 3.8) is 0 Å². The van der Waals surface area contributed by atoms with Crippen LogP contribution in [0, 0.1) is 0 Å². The number of piperazine rings is 1. The molecular formula is C16H26Cl3N3O2. The maximum atomic E-state index is 12.0. The van der Waals surface area contributed by atoms with Crippen LogP contribution in [0.3, 0.4) is 0 Å². The number of carbonyl (C=O) groups is 1. The summed E-state index contributed by atoms with van der Waals surface area (Å²) in [6, 6.07) is 7.52. The number of aliphatic hydroxyl groups is 1. The summed E-state index contributed by atoms with van der Waals surface area (Å²) in [7, 11) is 0. The van der Waals surface area contributed by atoms with Gasteiger partial charge in [0.25, 0.3) is 0 Å². The first-order valence-corrected chi connectivity index (χ1v) is 8.05. The summed E-state index contributed by atoms with van der Waals surface area (Å²) >= 11 is 6.07. The zero-order chi connectivity index (χ0) is 15.9. The van der Waals surface area contributed by atoms with Crippen LogP contribution in [0.4, 0.5) is 0 Å². The Morgan fingerprint density at radius 1 is 1.21 bits per heavy atom. The molecule has 1 saturated heterocycles. The van der Waals surface area contributed by atoms with Crippen LogP contribution in [0.25, 0.3) is 0 Å². The molecule has 1 aromatic carbocycles. The van der Waals surface area contributed by atoms with Crippen LogP contribution < -0.4 is 5.32 Å². The van der Waals surface area contributed by atoms with Crippen molar-refractivity contribution in [1.29, 1.82) is 0 Å². The minimum Gasteiger partial charge on any atom is -0.392 e. The largest absolute Gasteiger partial charge is 0.392 e. The Bertz CT molecular complexity index is 495. The van der Waals surface area contributed by atoms with Crippen LogP contribution >= 0.6 is 36.4 Å². The summed E-state index contributed by atoms with van der Waals surface area (Å²) in [5.41, 5.74) is 0.930. The van der Waals surface area contributed by atoms with Gasteiger partial charge in [0.1, 0.15) is 0 Å². The molecule has 1 atom stereocenters. The first-order chi connectivity index (χ1) is 10.5. The molecule has 2 rings (SSSR count). The van der Waals surface area contributed by atoms with E-state index >= 15 is 0 Å². The van der Waals surface area contributed by atoms with Crippen LogP contribution in [-0.4, -0.2) is 66.2 Å². The molecule has 0 saturated carbocycles. The van der Waals surface area contributed by atoms with Gasteiger partial charge in [-0.25, -0.2) is 0 Å². The minimum atomic E-state index is -0.300. The molecule has 1 unspecified atom stereocenters. The summed E-state index contributed by atoms with van der Waals surface area (Å²) < 4.78 is 0. The molecule has 0 aromatic heterocycles. The molecule has 8 heteroatoms. The van der Waals surface area contributed by atoms with E-state index in [0.29, 0.717) is 24.7 Å². The van der Waals surface area contributed by atoms with E-state index in [2.05, 4.69) is 15.1 Å². The third-order valence-corrected chi connectivity index (χ3v) is 4.16. The molecule has 1 heterocycles. The molecule has 24 heavy (non-hydrogen) atoms. The predicted octanol–water partition coefficient (Wildman–Crippen LogP) is 1.80. The van der Waals surface area contributed by atoms with Crippen molar-refractivity contribution in [3.05, 3.63) is 34.9 Å². The highest BCUT2D eigenvalue weighted by atomic mass is 35.5. The number of nitrogens with one attached hydrogen (secondary N) is 1. The molecule has 0 aliphatic carbocycles. The van der Waals surface area contributed by atoms with Crippen molar-refractivity contribution >= 4 is 42.3 Å². The predicted molar refractivity (Wildman–Crippen MR) is 102 cm³/mol. The van der Waals surface area contributed by atoms with Crippen LogP contribution in [-0.2, 0) is 11.3 Å². The second-order valence-electron chi connectivity index (χ2n) is 5.79. The molecule has 1 aliphatic heterocycles. The number of carbonyl (C=O) groups excluding carboxylic acids is 1. The van der Waals surface area contributed by atoms with E-state index in [1.807, 2.05) is 24.3 Å². The lowest BCUT2D eigenvalue weighted by molar-refractivity contribution is -0.122. The third kappa shape index (κ3) is 8.01. The van der Waals surface area contributed by atoms with Gasteiger partial charge in [-0.3, -0.25) is 14.6 Å². The highest BCUT2D eigenvalue weighted by Crippen LogP contribution is 2.14. The molecule has 2 N–H and O–H groups in total. The topological polar surface area (TPSA) is 55.8 Å². The van der Waals surface area contributed by atoms with E-state index < -0.39 is 0 Å². The number of hydrogen-bond donors (Lipinski definition) is 2. The van der Waals surface area contributed by atoms with Crippen molar-refractivity contribution in [2.75, 3.05) is 39.3 Å². The van der Waals surface area contributed by atoms with Gasteiger partial charge in [-0.2, -0.15) is 0 Å². The fourth-order valence-electron chi connectivity index (χ4n) is 2.60. The number of aliphatic hydroxyl groups excluding tert-OH is 1. The SMILES string of the molecule is CC(O)CN1CCN(CC(=O)NCc2ccccc2Cl)CC1.Cl.Cl. The number of β-amino-alcohol motifs (C(OH)–C–C–N with tert-alkyl or cyclic N) is 1. The van der Waals surface area contributed by atoms with Gasteiger partial charge in [-0.15, -0.1) is 24.8 Å². The van der Waals surface area contributed by atoms with Crippen LogP contribution in [0.1, 0.15) is 12.5 Å². The van der Waals surface area contributed by atoms with Gasteiger partial charge in [0, 0.05) is 44.3 Å². The summed E-state index contributed by atoms with van der Waals surface area (Å²) in [6.07, 6.45) is -0.300. The molecule has 1 aliphatic rings. The molecule has 0 bridgehead atoms. The van der Waals surface area contributed by atoms with Crippen molar-refractivity contribution in [2.45, 2.75) is 19.6 Å². The van der Waals surface area contributed by atoms with E-state index in [4.69, 9.17) is 11.6 Å². The van der Waals surface area contributed by atoms with E-state index in [-0.39, 0.29) is 36.8 Å². The Hall–Kier alpha value is -0.560. The fraction of sp³-hybridized carbons (Fsp3) is 0.562. The average Bonchev–Trinajstić information content (AvgIpc) is 2.48. The zero-order valence-electron chi connectivity index (χ0n) is 13.8. The second kappa shape index (κ2) is 11.9. The van der Waals surface area contributed by atoms with Gasteiger partial charge in [0.15, 0.2) is 0 Å². The normalized spacial score (nSPS) is 16.6. The molecule has 0 spiro atoms. The smallest absolute Gasteiger partial charge is 0.234 e. The fourth-order valence-corrected chi connectivity index (χ4v) is 2.80. The van der Waals surface area contributed by atoms with E-state index in [1.54, 1.807) is 6.92 Å². The van der Waals surface area contributed by atoms with Crippen molar-refractivity contribution < 1.29 is 9.90 Å². The van der Waals surface area contributed by atoms with Gasteiger partial charge >= 0.3 is 0 Å². The Morgan fingerprint density at radius 2 is 1.79 bits per heavy atom. The highest BCUT2D eigenvalue weighted by molar-refractivity contribution is 6.31. The van der Waals surface area contributed by atoms with Crippen LogP contribution in [0.15, 0.2) is 24.3 Å². The molecule has 0 radical (unpaired) electrons. The lowest BCUT2D eigenvalue weighted by Crippen LogP contribution is -2.50. The second-order valence-corrected chi connectivity index (χ2v) is 6.20. The first kappa shape index (κ1) is 23.4. The average molecular weight is 399 g/mol. The first-order valence-electron chi connectivity index (χ1n) is 7.67. The molecule has 1 fully saturated rings. The van der Waals surface area contributed by atoms with Crippen molar-refractivity contribution in [3.8, 4) is 0 Å². The quantitative estimate of drug-likeness (QED) is 0.767. The van der Waals surface area contributed by atoms with Crippen LogP contribution in [0.2, 0.25) is 5.02 Å². The monoisotopic (exact) mass is 397 g/mol. The number of halogens is 3. The zero-order valence-corrected chi connectivity index (χ0v) is 16.2. The molecule has 138 valence electrons. The van der Waals surface area contributed by atoms with E-state index in [1.165, 1.54) is 0 Å². The lowest BCUT2D eigenvalue weighted by Gasteiger charge is -2.34. The minimum absolute atomic E-state index is 0. The number of rotatable bonds is 6. The Balaban J connectivity index is 0.00000264. The van der Waals surface area contributed by atoms with E-state index in [9.17, 15) is 9.90 Å². The van der Waals surface area contributed by atoms with Gasteiger partial charge in [0.05, 0.1) is 12.6 Å².